The second kappa shape index (κ2) is 10.7. The number of carbonyl (C=O) groups excluding carboxylic acids is 1. The Morgan fingerprint density at radius 3 is 2.30 bits per heavy atom. The van der Waals surface area contributed by atoms with Crippen molar-refractivity contribution >= 4 is 5.91 Å². The molecule has 0 aliphatic carbocycles. The number of hydrogen-bond acceptors (Lipinski definition) is 4. The lowest BCUT2D eigenvalue weighted by Gasteiger charge is -2.30. The van der Waals surface area contributed by atoms with Crippen molar-refractivity contribution in [1.82, 2.24) is 4.90 Å². The van der Waals surface area contributed by atoms with Gasteiger partial charge in [0.2, 0.25) is 5.91 Å². The Kier molecular flexibility index (Phi) is 10.1. The quantitative estimate of drug-likeness (QED) is 0.498. The van der Waals surface area contributed by atoms with E-state index in [1.807, 2.05) is 0 Å². The number of nitrogens with two attached hydrogens (primary N) is 3. The van der Waals surface area contributed by atoms with Gasteiger partial charge in [0, 0.05) is 12.7 Å². The van der Waals surface area contributed by atoms with Crippen LogP contribution in [0.1, 0.15) is 51.9 Å². The summed E-state index contributed by atoms with van der Waals surface area (Å²) in [5.41, 5.74) is 17.8. The third-order valence-electron chi connectivity index (χ3n) is 3.61. The Bertz CT molecular complexity index is 294. The molecule has 0 radical (unpaired) electrons. The number of hydrogen-bond donors (Lipinski definition) is 3. The predicted octanol–water partition coefficient (Wildman–Crippen LogP) is 1.32. The van der Waals surface area contributed by atoms with E-state index in [9.17, 15) is 4.79 Å². The smallest absolute Gasteiger partial charge is 0.239 e. The van der Waals surface area contributed by atoms with Gasteiger partial charge in [-0.15, -0.1) is 0 Å². The van der Waals surface area contributed by atoms with Crippen LogP contribution in [0.3, 0.4) is 0 Å². The van der Waals surface area contributed by atoms with Crippen LogP contribution >= 0.6 is 0 Å². The first-order chi connectivity index (χ1) is 9.45. The summed E-state index contributed by atoms with van der Waals surface area (Å²) in [4.78, 5) is 13.9. The Hall–Kier alpha value is -1.07. The number of unbranched alkanes of at least 4 members (excludes halogenated alkanes) is 3. The van der Waals surface area contributed by atoms with Crippen LogP contribution in [0.2, 0.25) is 0 Å². The first-order valence-electron chi connectivity index (χ1n) is 7.62. The standard InChI is InChI=1S/C15H32N4O/c1-4-5-6-10-14(12(2)17)19(3)15(20)13(18)9-7-8-11-16/h13-14H,2,4-11,16-18H2,1,3H3/t13-,14-/m0/s1. The molecular formula is C15H32N4O. The molecular weight excluding hydrogens is 252 g/mol. The molecule has 0 saturated carbocycles. The van der Waals surface area contributed by atoms with Crippen LogP contribution in [0.25, 0.3) is 0 Å². The lowest BCUT2D eigenvalue weighted by Crippen LogP contribution is -2.48. The summed E-state index contributed by atoms with van der Waals surface area (Å²) in [6.45, 7) is 6.58. The van der Waals surface area contributed by atoms with Crippen molar-refractivity contribution in [3.05, 3.63) is 12.3 Å². The highest BCUT2D eigenvalue weighted by atomic mass is 16.2. The van der Waals surface area contributed by atoms with Gasteiger partial charge in [-0.25, -0.2) is 0 Å². The van der Waals surface area contributed by atoms with E-state index in [4.69, 9.17) is 17.2 Å². The van der Waals surface area contributed by atoms with Gasteiger partial charge in [-0.3, -0.25) is 4.79 Å². The highest BCUT2D eigenvalue weighted by Gasteiger charge is 2.24. The largest absolute Gasteiger partial charge is 0.401 e. The molecule has 0 aromatic rings. The molecule has 6 N–H and O–H groups in total. The minimum absolute atomic E-state index is 0.0601. The van der Waals surface area contributed by atoms with Crippen molar-refractivity contribution in [2.24, 2.45) is 17.2 Å². The number of carbonyl (C=O) groups is 1. The minimum Gasteiger partial charge on any atom is -0.401 e. The summed E-state index contributed by atoms with van der Waals surface area (Å²) >= 11 is 0. The zero-order chi connectivity index (χ0) is 15.5. The molecule has 0 bridgehead atoms. The average Bonchev–Trinajstić information content (AvgIpc) is 2.41. The van der Waals surface area contributed by atoms with E-state index in [2.05, 4.69) is 13.5 Å². The number of likely N-dealkylation sites (N-methyl/N-ethyl adjacent to an activating group) is 1. The molecule has 5 heteroatoms. The van der Waals surface area contributed by atoms with Crippen molar-refractivity contribution < 1.29 is 4.79 Å². The molecule has 0 spiro atoms. The molecule has 0 aromatic carbocycles. The van der Waals surface area contributed by atoms with Crippen molar-refractivity contribution in [2.45, 2.75) is 64.0 Å². The summed E-state index contributed by atoms with van der Waals surface area (Å²) in [6.07, 6.45) is 6.60. The lowest BCUT2D eigenvalue weighted by molar-refractivity contribution is -0.133. The maximum atomic E-state index is 12.3. The monoisotopic (exact) mass is 284 g/mol. The highest BCUT2D eigenvalue weighted by Crippen LogP contribution is 2.14. The van der Waals surface area contributed by atoms with Crippen molar-refractivity contribution in [2.75, 3.05) is 13.6 Å². The van der Waals surface area contributed by atoms with E-state index < -0.39 is 6.04 Å². The van der Waals surface area contributed by atoms with Gasteiger partial charge in [-0.1, -0.05) is 39.2 Å². The SMILES string of the molecule is C=C(N)[C@H](CCCCC)N(C)C(=O)[C@@H](N)CCCCN. The molecule has 0 heterocycles. The maximum absolute atomic E-state index is 12.3. The van der Waals surface area contributed by atoms with Gasteiger partial charge in [0.1, 0.15) is 0 Å². The van der Waals surface area contributed by atoms with Crippen LogP contribution in [0.5, 0.6) is 0 Å². The fourth-order valence-corrected chi connectivity index (χ4v) is 2.26. The van der Waals surface area contributed by atoms with Gasteiger partial charge in [0.15, 0.2) is 0 Å². The van der Waals surface area contributed by atoms with Crippen molar-refractivity contribution in [3.8, 4) is 0 Å². The Labute approximate surface area is 123 Å². The maximum Gasteiger partial charge on any atom is 0.239 e. The first kappa shape index (κ1) is 18.9. The van der Waals surface area contributed by atoms with Crippen LogP contribution in [-0.4, -0.2) is 36.5 Å². The van der Waals surface area contributed by atoms with Crippen LogP contribution in [0, 0.1) is 0 Å². The number of amides is 1. The highest BCUT2D eigenvalue weighted by molar-refractivity contribution is 5.81. The second-order valence-electron chi connectivity index (χ2n) is 5.43. The molecule has 0 aliphatic heterocycles. The van der Waals surface area contributed by atoms with Gasteiger partial charge >= 0.3 is 0 Å². The fourth-order valence-electron chi connectivity index (χ4n) is 2.26. The minimum atomic E-state index is -0.473. The van der Waals surface area contributed by atoms with Crippen LogP contribution < -0.4 is 17.2 Å². The molecule has 0 saturated heterocycles. The van der Waals surface area contributed by atoms with E-state index in [0.29, 0.717) is 18.7 Å². The zero-order valence-electron chi connectivity index (χ0n) is 13.1. The summed E-state index contributed by atoms with van der Waals surface area (Å²) in [5.74, 6) is -0.0601. The lowest BCUT2D eigenvalue weighted by atomic mass is 10.0. The third-order valence-corrected chi connectivity index (χ3v) is 3.61. The van der Waals surface area contributed by atoms with Crippen LogP contribution in [0.15, 0.2) is 12.3 Å². The van der Waals surface area contributed by atoms with E-state index in [1.54, 1.807) is 11.9 Å². The zero-order valence-corrected chi connectivity index (χ0v) is 13.1. The first-order valence-corrected chi connectivity index (χ1v) is 7.62. The van der Waals surface area contributed by atoms with Crippen LogP contribution in [-0.2, 0) is 4.79 Å². The van der Waals surface area contributed by atoms with Gasteiger partial charge in [0.25, 0.3) is 0 Å². The molecule has 0 fully saturated rings. The molecule has 0 unspecified atom stereocenters. The summed E-state index contributed by atoms with van der Waals surface area (Å²) < 4.78 is 0. The summed E-state index contributed by atoms with van der Waals surface area (Å²) in [7, 11) is 1.76. The van der Waals surface area contributed by atoms with Gasteiger partial charge in [-0.05, 0) is 25.8 Å². The van der Waals surface area contributed by atoms with Gasteiger partial charge < -0.3 is 22.1 Å². The van der Waals surface area contributed by atoms with Crippen molar-refractivity contribution in [1.29, 1.82) is 0 Å². The fraction of sp³-hybridized carbons (Fsp3) is 0.800. The van der Waals surface area contributed by atoms with Crippen molar-refractivity contribution in [3.63, 3.8) is 0 Å². The van der Waals surface area contributed by atoms with E-state index >= 15 is 0 Å². The van der Waals surface area contributed by atoms with E-state index in [0.717, 1.165) is 38.5 Å². The number of nitrogens with zero attached hydrogens (tertiary/aromatic N) is 1. The van der Waals surface area contributed by atoms with Gasteiger partial charge in [-0.2, -0.15) is 0 Å². The summed E-state index contributed by atoms with van der Waals surface area (Å²) in [6, 6.07) is -0.589. The predicted molar refractivity (Wildman–Crippen MR) is 84.9 cm³/mol. The second-order valence-corrected chi connectivity index (χ2v) is 5.43. The van der Waals surface area contributed by atoms with E-state index in [-0.39, 0.29) is 11.9 Å². The molecule has 0 aromatic heterocycles. The van der Waals surface area contributed by atoms with Gasteiger partial charge in [0.05, 0.1) is 12.1 Å². The Morgan fingerprint density at radius 1 is 1.20 bits per heavy atom. The molecule has 0 rings (SSSR count). The topological polar surface area (TPSA) is 98.4 Å². The Balaban J connectivity index is 4.42. The number of rotatable bonds is 11. The summed E-state index contributed by atoms with van der Waals surface area (Å²) in [5, 5.41) is 0. The third kappa shape index (κ3) is 6.91. The molecule has 118 valence electrons. The molecule has 2 atom stereocenters. The van der Waals surface area contributed by atoms with Crippen LogP contribution in [0.4, 0.5) is 0 Å². The Morgan fingerprint density at radius 2 is 1.80 bits per heavy atom. The normalized spacial score (nSPS) is 13.8. The molecule has 0 aliphatic rings. The molecule has 20 heavy (non-hydrogen) atoms. The molecule has 5 nitrogen and oxygen atoms in total. The molecule has 1 amide bonds. The van der Waals surface area contributed by atoms with E-state index in [1.165, 1.54) is 0 Å². The average molecular weight is 284 g/mol.